The summed E-state index contributed by atoms with van der Waals surface area (Å²) < 4.78 is 0. The fraction of sp³-hybridized carbons (Fsp3) is 0.455. The van der Waals surface area contributed by atoms with Crippen molar-refractivity contribution in [3.63, 3.8) is 0 Å². The molecule has 2 unspecified atom stereocenters. The third-order valence-corrected chi connectivity index (χ3v) is 2.58. The van der Waals surface area contributed by atoms with Gasteiger partial charge >= 0.3 is 0 Å². The van der Waals surface area contributed by atoms with Gasteiger partial charge in [0.1, 0.15) is 0 Å². The number of hydrogen-bond donors (Lipinski definition) is 2. The number of aliphatic hydroxyl groups is 1. The molecule has 1 heterocycles. The third kappa shape index (κ3) is 2.47. The summed E-state index contributed by atoms with van der Waals surface area (Å²) in [6, 6.07) is 10.3. The monoisotopic (exact) mass is 213 g/mol. The van der Waals surface area contributed by atoms with Gasteiger partial charge in [-0.1, -0.05) is 30.3 Å². The van der Waals surface area contributed by atoms with E-state index in [9.17, 15) is 5.11 Å². The van der Waals surface area contributed by atoms with Gasteiger partial charge in [0.05, 0.1) is 12.1 Å². The van der Waals surface area contributed by atoms with E-state index >= 15 is 0 Å². The van der Waals surface area contributed by atoms with Crippen molar-refractivity contribution in [2.45, 2.75) is 25.0 Å². The summed E-state index contributed by atoms with van der Waals surface area (Å²) in [6.45, 7) is 1.01. The highest BCUT2D eigenvalue weighted by molar-refractivity contribution is 5.85. The second kappa shape index (κ2) is 5.35. The van der Waals surface area contributed by atoms with Crippen molar-refractivity contribution in [1.29, 1.82) is 0 Å². The number of rotatable bonds is 1. The zero-order valence-electron chi connectivity index (χ0n) is 8.02. The number of halogens is 1. The van der Waals surface area contributed by atoms with Crippen LogP contribution in [0.4, 0.5) is 0 Å². The average molecular weight is 214 g/mol. The van der Waals surface area contributed by atoms with Gasteiger partial charge in [0, 0.05) is 0 Å². The molecule has 0 amide bonds. The topological polar surface area (TPSA) is 32.3 Å². The third-order valence-electron chi connectivity index (χ3n) is 2.58. The minimum atomic E-state index is -0.226. The molecule has 0 radical (unpaired) electrons. The van der Waals surface area contributed by atoms with E-state index in [0.717, 1.165) is 19.4 Å². The molecular weight excluding hydrogens is 198 g/mol. The van der Waals surface area contributed by atoms with Crippen LogP contribution in [0.3, 0.4) is 0 Å². The van der Waals surface area contributed by atoms with Gasteiger partial charge in [0.15, 0.2) is 0 Å². The predicted molar refractivity (Wildman–Crippen MR) is 59.7 cm³/mol. The Labute approximate surface area is 90.7 Å². The largest absolute Gasteiger partial charge is 0.391 e. The van der Waals surface area contributed by atoms with Crippen LogP contribution in [0.2, 0.25) is 0 Å². The molecule has 0 aromatic heterocycles. The molecule has 14 heavy (non-hydrogen) atoms. The smallest absolute Gasteiger partial charge is 0.0735 e. The Hall–Kier alpha value is -0.570. The molecule has 2 atom stereocenters. The lowest BCUT2D eigenvalue weighted by Gasteiger charge is -2.29. The van der Waals surface area contributed by atoms with Crippen LogP contribution in [0, 0.1) is 0 Å². The first-order chi connectivity index (χ1) is 6.38. The van der Waals surface area contributed by atoms with Crippen molar-refractivity contribution >= 4 is 12.4 Å². The van der Waals surface area contributed by atoms with Crippen LogP contribution < -0.4 is 5.32 Å². The second-order valence-corrected chi connectivity index (χ2v) is 3.55. The van der Waals surface area contributed by atoms with Gasteiger partial charge in [0.25, 0.3) is 0 Å². The van der Waals surface area contributed by atoms with Crippen LogP contribution in [0.25, 0.3) is 0 Å². The maximum absolute atomic E-state index is 9.76. The molecule has 0 spiro atoms. The van der Waals surface area contributed by atoms with E-state index in [4.69, 9.17) is 0 Å². The Morgan fingerprint density at radius 1 is 1.21 bits per heavy atom. The highest BCUT2D eigenvalue weighted by atomic mass is 35.5. The van der Waals surface area contributed by atoms with Gasteiger partial charge in [-0.05, 0) is 24.9 Å². The lowest BCUT2D eigenvalue weighted by molar-refractivity contribution is 0.0965. The number of aliphatic hydroxyl groups excluding tert-OH is 1. The molecule has 1 aromatic rings. The predicted octanol–water partition coefficient (Wildman–Crippen LogP) is 1.89. The summed E-state index contributed by atoms with van der Waals surface area (Å²) in [5.41, 5.74) is 1.19. The van der Waals surface area contributed by atoms with E-state index in [-0.39, 0.29) is 24.6 Å². The lowest BCUT2D eigenvalue weighted by Crippen LogP contribution is -2.37. The van der Waals surface area contributed by atoms with E-state index in [0.29, 0.717) is 0 Å². The fourth-order valence-electron chi connectivity index (χ4n) is 1.87. The quantitative estimate of drug-likeness (QED) is 0.747. The van der Waals surface area contributed by atoms with Crippen molar-refractivity contribution in [3.8, 4) is 0 Å². The molecular formula is C11H16ClNO. The van der Waals surface area contributed by atoms with Crippen LogP contribution in [0.5, 0.6) is 0 Å². The van der Waals surface area contributed by atoms with Gasteiger partial charge in [-0.25, -0.2) is 0 Å². The maximum Gasteiger partial charge on any atom is 0.0735 e. The van der Waals surface area contributed by atoms with Crippen molar-refractivity contribution in [2.75, 3.05) is 6.54 Å². The highest BCUT2D eigenvalue weighted by Gasteiger charge is 2.23. The first-order valence-electron chi connectivity index (χ1n) is 4.84. The van der Waals surface area contributed by atoms with E-state index in [1.165, 1.54) is 5.56 Å². The molecule has 2 N–H and O–H groups in total. The molecule has 1 aromatic carbocycles. The average Bonchev–Trinajstić information content (AvgIpc) is 2.20. The summed E-state index contributed by atoms with van der Waals surface area (Å²) >= 11 is 0. The molecule has 0 saturated carbocycles. The first-order valence-corrected chi connectivity index (χ1v) is 4.84. The second-order valence-electron chi connectivity index (χ2n) is 3.55. The zero-order chi connectivity index (χ0) is 9.10. The minimum absolute atomic E-state index is 0. The normalized spacial score (nSPS) is 26.6. The molecule has 1 aliphatic heterocycles. The summed E-state index contributed by atoms with van der Waals surface area (Å²) in [5.74, 6) is 0. The van der Waals surface area contributed by atoms with Gasteiger partial charge in [-0.2, -0.15) is 0 Å². The molecule has 1 saturated heterocycles. The van der Waals surface area contributed by atoms with Gasteiger partial charge in [-0.15, -0.1) is 12.4 Å². The van der Waals surface area contributed by atoms with Gasteiger partial charge < -0.3 is 10.4 Å². The SMILES string of the molecule is Cl.OC1CCCNC1c1ccccc1. The van der Waals surface area contributed by atoms with Crippen LogP contribution in [-0.4, -0.2) is 17.8 Å². The van der Waals surface area contributed by atoms with Crippen LogP contribution in [-0.2, 0) is 0 Å². The highest BCUT2D eigenvalue weighted by Crippen LogP contribution is 2.22. The zero-order valence-corrected chi connectivity index (χ0v) is 8.83. The Kier molecular flexibility index (Phi) is 4.39. The van der Waals surface area contributed by atoms with E-state index in [1.54, 1.807) is 0 Å². The van der Waals surface area contributed by atoms with Gasteiger partial charge in [-0.3, -0.25) is 0 Å². The number of nitrogens with one attached hydrogen (secondary N) is 1. The molecule has 0 aliphatic carbocycles. The molecule has 2 nitrogen and oxygen atoms in total. The summed E-state index contributed by atoms with van der Waals surface area (Å²) in [6.07, 6.45) is 1.76. The molecule has 2 rings (SSSR count). The molecule has 3 heteroatoms. The first kappa shape index (κ1) is 11.5. The van der Waals surface area contributed by atoms with Crippen molar-refractivity contribution in [2.24, 2.45) is 0 Å². The Balaban J connectivity index is 0.000000980. The Morgan fingerprint density at radius 3 is 2.57 bits per heavy atom. The summed E-state index contributed by atoms with van der Waals surface area (Å²) in [5, 5.41) is 13.1. The summed E-state index contributed by atoms with van der Waals surface area (Å²) in [4.78, 5) is 0. The molecule has 1 aliphatic rings. The Morgan fingerprint density at radius 2 is 1.93 bits per heavy atom. The van der Waals surface area contributed by atoms with Crippen LogP contribution >= 0.6 is 12.4 Å². The van der Waals surface area contributed by atoms with Crippen LogP contribution in [0.1, 0.15) is 24.4 Å². The van der Waals surface area contributed by atoms with E-state index in [2.05, 4.69) is 17.4 Å². The van der Waals surface area contributed by atoms with Crippen molar-refractivity contribution < 1.29 is 5.11 Å². The molecule has 78 valence electrons. The lowest BCUT2D eigenvalue weighted by atomic mass is 9.95. The number of benzene rings is 1. The van der Waals surface area contributed by atoms with Crippen molar-refractivity contribution in [3.05, 3.63) is 35.9 Å². The van der Waals surface area contributed by atoms with Crippen LogP contribution in [0.15, 0.2) is 30.3 Å². The van der Waals surface area contributed by atoms with E-state index < -0.39 is 0 Å². The van der Waals surface area contributed by atoms with Crippen molar-refractivity contribution in [1.82, 2.24) is 5.32 Å². The Bertz CT molecular complexity index is 265. The molecule has 0 bridgehead atoms. The number of piperidine rings is 1. The minimum Gasteiger partial charge on any atom is -0.391 e. The maximum atomic E-state index is 9.76. The summed E-state index contributed by atoms with van der Waals surface area (Å²) in [7, 11) is 0. The fourth-order valence-corrected chi connectivity index (χ4v) is 1.87. The molecule has 1 fully saturated rings. The van der Waals surface area contributed by atoms with Gasteiger partial charge in [0.2, 0.25) is 0 Å². The standard InChI is InChI=1S/C11H15NO.ClH/c13-10-7-4-8-12-11(10)9-5-2-1-3-6-9;/h1-3,5-6,10-13H,4,7-8H2;1H. The van der Waals surface area contributed by atoms with E-state index in [1.807, 2.05) is 18.2 Å². The number of hydrogen-bond acceptors (Lipinski definition) is 2.